The smallest absolute Gasteiger partial charge is 0.206 e. The molecule has 218 valence electrons. The van der Waals surface area contributed by atoms with Crippen LogP contribution in [0.4, 0.5) is 0 Å². The van der Waals surface area contributed by atoms with Crippen LogP contribution in [0.3, 0.4) is 0 Å². The second-order valence-corrected chi connectivity index (χ2v) is 13.3. The van der Waals surface area contributed by atoms with Crippen LogP contribution in [0.5, 0.6) is 34.5 Å². The first kappa shape index (κ1) is 32.4. The van der Waals surface area contributed by atoms with Crippen molar-refractivity contribution in [2.24, 2.45) is 0 Å². The molecule has 3 aromatic rings. The van der Waals surface area contributed by atoms with Crippen LogP contribution in [0.1, 0.15) is 22.3 Å². The summed E-state index contributed by atoms with van der Waals surface area (Å²) in [5.41, 5.74) is 2.46. The van der Waals surface area contributed by atoms with Gasteiger partial charge in [-0.2, -0.15) is 0 Å². The van der Waals surface area contributed by atoms with E-state index in [1.54, 1.807) is 0 Å². The van der Waals surface area contributed by atoms with Crippen molar-refractivity contribution in [2.75, 3.05) is 42.7 Å². The van der Waals surface area contributed by atoms with Crippen LogP contribution in [0.2, 0.25) is 20.1 Å². The molecule has 0 radical (unpaired) electrons. The van der Waals surface area contributed by atoms with Crippen LogP contribution in [0.15, 0.2) is 18.2 Å². The minimum Gasteiger partial charge on any atom is -0.491 e. The highest BCUT2D eigenvalue weighted by molar-refractivity contribution is 7.70. The predicted molar refractivity (Wildman–Crippen MR) is 163 cm³/mol. The molecular formula is C28H31Cl4O7P. The Bertz CT molecular complexity index is 1330. The van der Waals surface area contributed by atoms with E-state index in [1.165, 1.54) is 42.7 Å². The summed E-state index contributed by atoms with van der Waals surface area (Å²) >= 11 is 27.3. The van der Waals surface area contributed by atoms with E-state index in [9.17, 15) is 0 Å². The lowest BCUT2D eigenvalue weighted by Gasteiger charge is -2.26. The Balaban J connectivity index is 2.39. The molecule has 0 atom stereocenters. The Kier molecular flexibility index (Phi) is 10.7. The number of ether oxygens (including phenoxy) is 6. The standard InChI is InChI=1S/C28H31Cl4O7P/c1-14-9-10-15(2)18(11-14)40(33,12-16-19(29)23(34-3)27(38-7)24(35-4)20(16)30)13-17-21(31)25(36-5)28(39-8)26(37-6)22(17)32/h9-11H,12-13H2,1-8H3. The van der Waals surface area contributed by atoms with Gasteiger partial charge in [0.2, 0.25) is 11.5 Å². The first-order valence-corrected chi connectivity index (χ1v) is 15.5. The summed E-state index contributed by atoms with van der Waals surface area (Å²) in [6, 6.07) is 5.74. The zero-order chi connectivity index (χ0) is 29.9. The second-order valence-electron chi connectivity index (χ2n) is 8.91. The van der Waals surface area contributed by atoms with E-state index in [0.29, 0.717) is 16.4 Å². The topological polar surface area (TPSA) is 72.5 Å². The van der Waals surface area contributed by atoms with E-state index < -0.39 is 7.14 Å². The summed E-state index contributed by atoms with van der Waals surface area (Å²) in [5, 5.41) is 1.22. The molecule has 0 N–H and O–H groups in total. The lowest BCUT2D eigenvalue weighted by Crippen LogP contribution is -2.15. The Labute approximate surface area is 254 Å². The van der Waals surface area contributed by atoms with E-state index >= 15 is 4.57 Å². The fraction of sp³-hybridized carbons (Fsp3) is 0.357. The first-order chi connectivity index (χ1) is 18.9. The molecule has 0 aliphatic carbocycles. The van der Waals surface area contributed by atoms with E-state index in [1.807, 2.05) is 32.0 Å². The van der Waals surface area contributed by atoms with E-state index in [-0.39, 0.29) is 66.9 Å². The van der Waals surface area contributed by atoms with E-state index in [0.717, 1.165) is 11.1 Å². The maximum atomic E-state index is 15.4. The molecule has 0 bridgehead atoms. The van der Waals surface area contributed by atoms with Crippen molar-refractivity contribution < 1.29 is 33.0 Å². The lowest BCUT2D eigenvalue weighted by atomic mass is 10.2. The molecule has 40 heavy (non-hydrogen) atoms. The summed E-state index contributed by atoms with van der Waals surface area (Å²) in [6.07, 6.45) is -0.149. The summed E-state index contributed by atoms with van der Waals surface area (Å²) in [5.74, 6) is 1.27. The Morgan fingerprint density at radius 2 is 0.900 bits per heavy atom. The average molecular weight is 652 g/mol. The molecule has 0 aliphatic rings. The first-order valence-electron chi connectivity index (χ1n) is 11.9. The van der Waals surface area contributed by atoms with Crippen LogP contribution < -0.4 is 33.7 Å². The number of hydrogen-bond acceptors (Lipinski definition) is 7. The van der Waals surface area contributed by atoms with E-state index in [4.69, 9.17) is 74.8 Å². The predicted octanol–water partition coefficient (Wildman–Crippen LogP) is 8.36. The monoisotopic (exact) mass is 650 g/mol. The summed E-state index contributed by atoms with van der Waals surface area (Å²) in [7, 11) is 5.18. The normalized spacial score (nSPS) is 11.3. The minimum absolute atomic E-state index is 0.0744. The fourth-order valence-corrected chi connectivity index (χ4v) is 9.65. The third-order valence-electron chi connectivity index (χ3n) is 6.54. The SMILES string of the molecule is COc1c(Cl)c(CP(=O)(Cc2c(Cl)c(OC)c(OC)c(OC)c2Cl)c2cc(C)ccc2C)c(Cl)c(OC)c1OC. The van der Waals surface area contributed by atoms with Crippen LogP contribution in [0.25, 0.3) is 0 Å². The minimum atomic E-state index is -3.50. The lowest BCUT2D eigenvalue weighted by molar-refractivity contribution is 0.324. The molecule has 0 saturated carbocycles. The number of aryl methyl sites for hydroxylation is 2. The van der Waals surface area contributed by atoms with Gasteiger partial charge >= 0.3 is 0 Å². The molecule has 0 spiro atoms. The van der Waals surface area contributed by atoms with Gasteiger partial charge in [-0.15, -0.1) is 0 Å². The zero-order valence-electron chi connectivity index (χ0n) is 23.5. The molecule has 0 saturated heterocycles. The third-order valence-corrected chi connectivity index (χ3v) is 11.2. The zero-order valence-corrected chi connectivity index (χ0v) is 27.4. The number of halogens is 4. The Morgan fingerprint density at radius 1 is 0.575 bits per heavy atom. The van der Waals surface area contributed by atoms with Gasteiger partial charge in [-0.05, 0) is 25.5 Å². The Hall–Kier alpha value is -2.15. The highest BCUT2D eigenvalue weighted by Crippen LogP contribution is 2.61. The van der Waals surface area contributed by atoms with Crippen molar-refractivity contribution in [1.82, 2.24) is 0 Å². The molecule has 3 rings (SSSR count). The number of benzene rings is 3. The maximum absolute atomic E-state index is 15.4. The van der Waals surface area contributed by atoms with Gasteiger partial charge in [0, 0.05) is 28.8 Å². The summed E-state index contributed by atoms with van der Waals surface area (Å²) in [6.45, 7) is 3.81. The summed E-state index contributed by atoms with van der Waals surface area (Å²) in [4.78, 5) is 0. The molecule has 0 fully saturated rings. The van der Waals surface area contributed by atoms with Gasteiger partial charge < -0.3 is 33.0 Å². The van der Waals surface area contributed by atoms with Crippen LogP contribution in [-0.4, -0.2) is 42.7 Å². The maximum Gasteiger partial charge on any atom is 0.206 e. The number of hydrogen-bond donors (Lipinski definition) is 0. The van der Waals surface area contributed by atoms with Crippen molar-refractivity contribution in [3.8, 4) is 34.5 Å². The van der Waals surface area contributed by atoms with Crippen LogP contribution >= 0.6 is 53.5 Å². The van der Waals surface area contributed by atoms with Crippen LogP contribution in [-0.2, 0) is 16.9 Å². The van der Waals surface area contributed by atoms with Crippen molar-refractivity contribution in [1.29, 1.82) is 0 Å². The number of rotatable bonds is 11. The molecule has 0 amide bonds. The Morgan fingerprint density at radius 3 is 1.20 bits per heavy atom. The molecule has 3 aromatic carbocycles. The van der Waals surface area contributed by atoms with Gasteiger partial charge in [-0.3, -0.25) is 0 Å². The van der Waals surface area contributed by atoms with Gasteiger partial charge in [-0.25, -0.2) is 0 Å². The van der Waals surface area contributed by atoms with Gasteiger partial charge in [-0.1, -0.05) is 64.1 Å². The largest absolute Gasteiger partial charge is 0.491 e. The van der Waals surface area contributed by atoms with Gasteiger partial charge in [0.25, 0.3) is 0 Å². The molecular weight excluding hydrogens is 621 g/mol. The van der Waals surface area contributed by atoms with Gasteiger partial charge in [0.05, 0.1) is 62.7 Å². The van der Waals surface area contributed by atoms with E-state index in [2.05, 4.69) is 0 Å². The fourth-order valence-electron chi connectivity index (χ4n) is 4.62. The van der Waals surface area contributed by atoms with Crippen molar-refractivity contribution in [3.63, 3.8) is 0 Å². The second kappa shape index (κ2) is 13.2. The molecule has 7 nitrogen and oxygen atoms in total. The quantitative estimate of drug-likeness (QED) is 0.193. The van der Waals surface area contributed by atoms with Crippen molar-refractivity contribution in [3.05, 3.63) is 60.5 Å². The highest BCUT2D eigenvalue weighted by atomic mass is 35.5. The third kappa shape index (κ3) is 5.77. The van der Waals surface area contributed by atoms with Crippen LogP contribution in [0, 0.1) is 13.8 Å². The molecule has 0 unspecified atom stereocenters. The average Bonchev–Trinajstić information content (AvgIpc) is 2.94. The van der Waals surface area contributed by atoms with Crippen molar-refractivity contribution in [2.45, 2.75) is 26.2 Å². The molecule has 0 aliphatic heterocycles. The van der Waals surface area contributed by atoms with Gasteiger partial charge in [0.1, 0.15) is 7.14 Å². The summed E-state index contributed by atoms with van der Waals surface area (Å²) < 4.78 is 48.5. The van der Waals surface area contributed by atoms with Crippen molar-refractivity contribution >= 4 is 58.9 Å². The highest BCUT2D eigenvalue weighted by Gasteiger charge is 2.36. The number of methoxy groups -OCH3 is 6. The molecule has 0 heterocycles. The molecule has 0 aromatic heterocycles. The molecule has 12 heteroatoms. The van der Waals surface area contributed by atoms with Gasteiger partial charge in [0.15, 0.2) is 23.0 Å².